The fraction of sp³-hybridized carbons (Fsp3) is 0.812. The molecule has 0 saturated heterocycles. The highest BCUT2D eigenvalue weighted by Crippen LogP contribution is 2.36. The summed E-state index contributed by atoms with van der Waals surface area (Å²) in [5.74, 6) is 0. The van der Waals surface area contributed by atoms with E-state index in [1.165, 1.54) is 36.4 Å². The maximum atomic E-state index is 4.87. The summed E-state index contributed by atoms with van der Waals surface area (Å²) >= 11 is 5.58. The molecule has 0 spiro atoms. The lowest BCUT2D eigenvalue weighted by Crippen LogP contribution is -2.25. The maximum Gasteiger partial charge on any atom is 0.0934 e. The van der Waals surface area contributed by atoms with E-state index in [2.05, 4.69) is 55.9 Å². The second kappa shape index (κ2) is 7.21. The maximum absolute atomic E-state index is 4.87. The van der Waals surface area contributed by atoms with Crippen LogP contribution in [0, 0.1) is 5.41 Å². The molecule has 1 heterocycles. The smallest absolute Gasteiger partial charge is 0.0934 e. The van der Waals surface area contributed by atoms with Crippen LogP contribution in [-0.4, -0.2) is 10.3 Å². The minimum absolute atomic E-state index is 0.168. The SMILES string of the molecule is CCCCC(CC)(CBr)Cc1nc(C(C)(C)C)cs1. The summed E-state index contributed by atoms with van der Waals surface area (Å²) in [6.45, 7) is 11.3. The topological polar surface area (TPSA) is 12.9 Å². The van der Waals surface area contributed by atoms with Gasteiger partial charge in [-0.05, 0) is 18.3 Å². The van der Waals surface area contributed by atoms with Crippen molar-refractivity contribution >= 4 is 27.3 Å². The molecule has 0 aliphatic heterocycles. The molecular weight excluding hydrogens is 318 g/mol. The number of rotatable bonds is 7. The predicted molar refractivity (Wildman–Crippen MR) is 90.6 cm³/mol. The number of unbranched alkanes of at least 4 members (excludes halogenated alkanes) is 1. The third-order valence-electron chi connectivity index (χ3n) is 3.94. The van der Waals surface area contributed by atoms with Crippen LogP contribution in [0.3, 0.4) is 0 Å². The fourth-order valence-electron chi connectivity index (χ4n) is 2.21. The summed E-state index contributed by atoms with van der Waals surface area (Å²) in [5, 5.41) is 4.63. The molecule has 0 bridgehead atoms. The van der Waals surface area contributed by atoms with Gasteiger partial charge in [0.2, 0.25) is 0 Å². The number of alkyl halides is 1. The summed E-state index contributed by atoms with van der Waals surface area (Å²) in [7, 11) is 0. The van der Waals surface area contributed by atoms with Crippen LogP contribution in [-0.2, 0) is 11.8 Å². The van der Waals surface area contributed by atoms with Crippen molar-refractivity contribution in [3.8, 4) is 0 Å². The molecule has 0 amide bonds. The molecule has 110 valence electrons. The molecule has 1 unspecified atom stereocenters. The third-order valence-corrected chi connectivity index (χ3v) is 5.98. The van der Waals surface area contributed by atoms with E-state index in [4.69, 9.17) is 4.98 Å². The Labute approximate surface area is 131 Å². The largest absolute Gasteiger partial charge is 0.246 e. The van der Waals surface area contributed by atoms with E-state index in [-0.39, 0.29) is 5.41 Å². The van der Waals surface area contributed by atoms with Gasteiger partial charge in [0.05, 0.1) is 10.7 Å². The van der Waals surface area contributed by atoms with Gasteiger partial charge in [-0.3, -0.25) is 0 Å². The second-order valence-electron chi connectivity index (χ2n) is 6.64. The summed E-state index contributed by atoms with van der Waals surface area (Å²) in [5.41, 5.74) is 1.80. The van der Waals surface area contributed by atoms with E-state index < -0.39 is 0 Å². The Morgan fingerprint density at radius 3 is 2.37 bits per heavy atom. The van der Waals surface area contributed by atoms with Gasteiger partial charge >= 0.3 is 0 Å². The number of hydrogen-bond donors (Lipinski definition) is 0. The lowest BCUT2D eigenvalue weighted by molar-refractivity contribution is 0.283. The summed E-state index contributed by atoms with van der Waals surface area (Å²) < 4.78 is 0. The van der Waals surface area contributed by atoms with Gasteiger partial charge in [0, 0.05) is 22.5 Å². The van der Waals surface area contributed by atoms with Gasteiger partial charge in [-0.2, -0.15) is 0 Å². The second-order valence-corrected chi connectivity index (χ2v) is 8.15. The average molecular weight is 346 g/mol. The van der Waals surface area contributed by atoms with Gasteiger partial charge in [-0.25, -0.2) is 4.98 Å². The highest BCUT2D eigenvalue weighted by atomic mass is 79.9. The van der Waals surface area contributed by atoms with Crippen LogP contribution >= 0.6 is 27.3 Å². The fourth-order valence-corrected chi connectivity index (χ4v) is 4.28. The molecular formula is C16H28BrNS. The van der Waals surface area contributed by atoms with Crippen LogP contribution in [0.5, 0.6) is 0 Å². The van der Waals surface area contributed by atoms with E-state index in [0.29, 0.717) is 5.41 Å². The van der Waals surface area contributed by atoms with E-state index >= 15 is 0 Å². The predicted octanol–water partition coefficient (Wildman–Crippen LogP) is 5.96. The number of halogens is 1. The molecule has 0 radical (unpaired) electrons. The number of aromatic nitrogens is 1. The first-order valence-electron chi connectivity index (χ1n) is 7.37. The molecule has 0 aromatic carbocycles. The Balaban J connectivity index is 2.82. The number of nitrogens with zero attached hydrogens (tertiary/aromatic N) is 1. The standard InChI is InChI=1S/C16H28BrNS/c1-6-8-9-16(7-2,12-17)10-14-18-13(11-19-14)15(3,4)5/h11H,6-10,12H2,1-5H3. The zero-order chi connectivity index (χ0) is 14.5. The Kier molecular flexibility index (Phi) is 6.52. The molecule has 1 rings (SSSR count). The average Bonchev–Trinajstić information content (AvgIpc) is 2.83. The normalized spacial score (nSPS) is 15.5. The third kappa shape index (κ3) is 4.86. The van der Waals surface area contributed by atoms with Gasteiger partial charge in [-0.15, -0.1) is 11.3 Å². The molecule has 0 fully saturated rings. The quantitative estimate of drug-likeness (QED) is 0.555. The van der Waals surface area contributed by atoms with Crippen molar-refractivity contribution in [1.29, 1.82) is 0 Å². The number of hydrogen-bond acceptors (Lipinski definition) is 2. The van der Waals surface area contributed by atoms with Gasteiger partial charge in [0.1, 0.15) is 0 Å². The van der Waals surface area contributed by atoms with Gasteiger partial charge < -0.3 is 0 Å². The molecule has 0 aliphatic rings. The summed E-state index contributed by atoms with van der Waals surface area (Å²) in [4.78, 5) is 4.87. The molecule has 0 aliphatic carbocycles. The van der Waals surface area contributed by atoms with Gasteiger partial charge in [-0.1, -0.05) is 63.4 Å². The molecule has 3 heteroatoms. The first-order chi connectivity index (χ1) is 8.87. The van der Waals surface area contributed by atoms with Crippen LogP contribution in [0.15, 0.2) is 5.38 Å². The highest BCUT2D eigenvalue weighted by Gasteiger charge is 2.28. The van der Waals surface area contributed by atoms with Crippen molar-refractivity contribution in [2.45, 2.75) is 72.1 Å². The Morgan fingerprint density at radius 2 is 1.95 bits per heavy atom. The van der Waals surface area contributed by atoms with Crippen molar-refractivity contribution < 1.29 is 0 Å². The summed E-state index contributed by atoms with van der Waals surface area (Å²) in [6, 6.07) is 0. The zero-order valence-electron chi connectivity index (χ0n) is 13.1. The molecule has 19 heavy (non-hydrogen) atoms. The van der Waals surface area contributed by atoms with E-state index in [0.717, 1.165) is 11.8 Å². The van der Waals surface area contributed by atoms with E-state index in [1.54, 1.807) is 0 Å². The molecule has 1 aromatic heterocycles. The first kappa shape index (κ1) is 17.2. The Morgan fingerprint density at radius 1 is 1.26 bits per heavy atom. The molecule has 0 N–H and O–H groups in total. The van der Waals surface area contributed by atoms with Crippen molar-refractivity contribution in [2.75, 3.05) is 5.33 Å². The zero-order valence-corrected chi connectivity index (χ0v) is 15.5. The first-order valence-corrected chi connectivity index (χ1v) is 9.38. The van der Waals surface area contributed by atoms with Crippen LogP contribution < -0.4 is 0 Å². The molecule has 1 atom stereocenters. The van der Waals surface area contributed by atoms with E-state index in [1.807, 2.05) is 11.3 Å². The molecule has 1 nitrogen and oxygen atoms in total. The van der Waals surface area contributed by atoms with Gasteiger partial charge in [0.15, 0.2) is 0 Å². The van der Waals surface area contributed by atoms with Crippen LogP contribution in [0.1, 0.15) is 71.0 Å². The lowest BCUT2D eigenvalue weighted by Gasteiger charge is -2.30. The highest BCUT2D eigenvalue weighted by molar-refractivity contribution is 9.09. The van der Waals surface area contributed by atoms with Crippen molar-refractivity contribution in [2.24, 2.45) is 5.41 Å². The minimum atomic E-state index is 0.168. The van der Waals surface area contributed by atoms with Crippen LogP contribution in [0.25, 0.3) is 0 Å². The van der Waals surface area contributed by atoms with Crippen molar-refractivity contribution in [3.05, 3.63) is 16.1 Å². The minimum Gasteiger partial charge on any atom is -0.246 e. The van der Waals surface area contributed by atoms with Crippen LogP contribution in [0.4, 0.5) is 0 Å². The summed E-state index contributed by atoms with van der Waals surface area (Å²) in [6.07, 6.45) is 6.24. The van der Waals surface area contributed by atoms with Gasteiger partial charge in [0.25, 0.3) is 0 Å². The Bertz CT molecular complexity index is 374. The van der Waals surface area contributed by atoms with Crippen LogP contribution in [0.2, 0.25) is 0 Å². The van der Waals surface area contributed by atoms with Crippen molar-refractivity contribution in [1.82, 2.24) is 4.98 Å². The van der Waals surface area contributed by atoms with Crippen molar-refractivity contribution in [3.63, 3.8) is 0 Å². The molecule has 0 saturated carbocycles. The monoisotopic (exact) mass is 345 g/mol. The molecule has 1 aromatic rings. The lowest BCUT2D eigenvalue weighted by atomic mass is 9.79. The number of thiazole rings is 1. The van der Waals surface area contributed by atoms with E-state index in [9.17, 15) is 0 Å². The Hall–Kier alpha value is 0.110.